The fourth-order valence-corrected chi connectivity index (χ4v) is 2.59. The van der Waals surface area contributed by atoms with Gasteiger partial charge in [-0.15, -0.1) is 0 Å². The fraction of sp³-hybridized carbons (Fsp3) is 0.278. The van der Waals surface area contributed by atoms with E-state index in [1.165, 1.54) is 17.7 Å². The quantitative estimate of drug-likeness (QED) is 0.675. The van der Waals surface area contributed by atoms with E-state index < -0.39 is 5.97 Å². The summed E-state index contributed by atoms with van der Waals surface area (Å²) >= 11 is 3.33. The standard InChI is InChI=1S/C18H19BrO5/c1-3-22-16-11-13(18(20)21)10-15(19)17(16)24-9-8-23-14-6-4-12(2)5-7-14/h4-7,10-11H,3,8-9H2,1-2H3,(H,20,21). The second-order valence-corrected chi connectivity index (χ2v) is 5.89. The van der Waals surface area contributed by atoms with E-state index in [2.05, 4.69) is 15.9 Å². The second kappa shape index (κ2) is 8.59. The lowest BCUT2D eigenvalue weighted by Crippen LogP contribution is -2.11. The van der Waals surface area contributed by atoms with Gasteiger partial charge in [-0.3, -0.25) is 0 Å². The van der Waals surface area contributed by atoms with E-state index in [1.54, 1.807) is 0 Å². The van der Waals surface area contributed by atoms with E-state index in [9.17, 15) is 4.79 Å². The van der Waals surface area contributed by atoms with Crippen molar-refractivity contribution < 1.29 is 24.1 Å². The van der Waals surface area contributed by atoms with Crippen LogP contribution in [0.25, 0.3) is 0 Å². The largest absolute Gasteiger partial charge is 0.490 e. The van der Waals surface area contributed by atoms with Crippen molar-refractivity contribution >= 4 is 21.9 Å². The van der Waals surface area contributed by atoms with Gasteiger partial charge < -0.3 is 19.3 Å². The molecule has 0 aliphatic heterocycles. The molecule has 0 aliphatic rings. The molecule has 0 radical (unpaired) electrons. The molecule has 6 heteroatoms. The molecule has 0 saturated carbocycles. The number of carboxylic acids is 1. The lowest BCUT2D eigenvalue weighted by molar-refractivity contribution is 0.0696. The Kier molecular flexibility index (Phi) is 6.49. The fourth-order valence-electron chi connectivity index (χ4n) is 2.03. The number of carbonyl (C=O) groups is 1. The first-order chi connectivity index (χ1) is 11.5. The van der Waals surface area contributed by atoms with Crippen molar-refractivity contribution in [2.24, 2.45) is 0 Å². The molecule has 0 amide bonds. The Hall–Kier alpha value is -2.21. The summed E-state index contributed by atoms with van der Waals surface area (Å²) in [4.78, 5) is 11.1. The molecule has 0 heterocycles. The van der Waals surface area contributed by atoms with Gasteiger partial charge in [-0.2, -0.15) is 0 Å². The van der Waals surface area contributed by atoms with Gasteiger partial charge in [0.15, 0.2) is 11.5 Å². The average molecular weight is 395 g/mol. The minimum Gasteiger partial charge on any atom is -0.490 e. The molecule has 1 N–H and O–H groups in total. The Labute approximate surface area is 149 Å². The Morgan fingerprint density at radius 2 is 1.75 bits per heavy atom. The highest BCUT2D eigenvalue weighted by Crippen LogP contribution is 2.37. The van der Waals surface area contributed by atoms with Crippen LogP contribution in [0.2, 0.25) is 0 Å². The summed E-state index contributed by atoms with van der Waals surface area (Å²) in [6, 6.07) is 10.7. The number of hydrogen-bond donors (Lipinski definition) is 1. The van der Waals surface area contributed by atoms with Crippen LogP contribution in [0.5, 0.6) is 17.2 Å². The molecule has 0 spiro atoms. The van der Waals surface area contributed by atoms with Gasteiger partial charge in [0, 0.05) is 0 Å². The number of benzene rings is 2. The number of aromatic carboxylic acids is 1. The number of hydrogen-bond acceptors (Lipinski definition) is 4. The van der Waals surface area contributed by atoms with Crippen LogP contribution < -0.4 is 14.2 Å². The lowest BCUT2D eigenvalue weighted by Gasteiger charge is -2.15. The van der Waals surface area contributed by atoms with E-state index in [-0.39, 0.29) is 5.56 Å². The summed E-state index contributed by atoms with van der Waals surface area (Å²) in [6.45, 7) is 4.92. The molecule has 2 aromatic rings. The third kappa shape index (κ3) is 4.89. The minimum atomic E-state index is -1.02. The van der Waals surface area contributed by atoms with Crippen molar-refractivity contribution in [3.05, 3.63) is 52.0 Å². The Bertz CT molecular complexity index is 697. The molecule has 0 bridgehead atoms. The van der Waals surface area contributed by atoms with Crippen molar-refractivity contribution in [1.82, 2.24) is 0 Å². The summed E-state index contributed by atoms with van der Waals surface area (Å²) in [7, 11) is 0. The zero-order valence-corrected chi connectivity index (χ0v) is 15.1. The third-order valence-corrected chi connectivity index (χ3v) is 3.76. The summed E-state index contributed by atoms with van der Waals surface area (Å²) < 4.78 is 17.3. The summed E-state index contributed by atoms with van der Waals surface area (Å²) in [5.41, 5.74) is 1.30. The number of halogens is 1. The molecule has 0 unspecified atom stereocenters. The molecule has 0 aliphatic carbocycles. The maximum absolute atomic E-state index is 11.1. The zero-order chi connectivity index (χ0) is 17.5. The molecule has 128 valence electrons. The first kappa shape index (κ1) is 18.1. The Morgan fingerprint density at radius 1 is 1.08 bits per heavy atom. The molecular weight excluding hydrogens is 376 g/mol. The topological polar surface area (TPSA) is 65.0 Å². The summed E-state index contributed by atoms with van der Waals surface area (Å²) in [5.74, 6) is 0.606. The minimum absolute atomic E-state index is 0.133. The normalized spacial score (nSPS) is 10.3. The van der Waals surface area contributed by atoms with E-state index >= 15 is 0 Å². The second-order valence-electron chi connectivity index (χ2n) is 5.03. The van der Waals surface area contributed by atoms with Gasteiger partial charge >= 0.3 is 5.97 Å². The van der Waals surface area contributed by atoms with Crippen LogP contribution in [-0.4, -0.2) is 30.9 Å². The van der Waals surface area contributed by atoms with Crippen LogP contribution in [0, 0.1) is 6.92 Å². The maximum atomic E-state index is 11.1. The van der Waals surface area contributed by atoms with Gasteiger partial charge in [0.2, 0.25) is 0 Å². The molecule has 2 aromatic carbocycles. The highest BCUT2D eigenvalue weighted by atomic mass is 79.9. The van der Waals surface area contributed by atoms with Gasteiger partial charge in [0.1, 0.15) is 19.0 Å². The smallest absolute Gasteiger partial charge is 0.335 e. The predicted molar refractivity (Wildman–Crippen MR) is 94.4 cm³/mol. The van der Waals surface area contributed by atoms with Crippen LogP contribution in [-0.2, 0) is 0 Å². The first-order valence-electron chi connectivity index (χ1n) is 7.53. The van der Waals surface area contributed by atoms with E-state index in [0.717, 1.165) is 5.75 Å². The van der Waals surface area contributed by atoms with Crippen molar-refractivity contribution in [3.8, 4) is 17.2 Å². The molecule has 0 fully saturated rings. The highest BCUT2D eigenvalue weighted by Gasteiger charge is 2.15. The van der Waals surface area contributed by atoms with Crippen LogP contribution in [0.3, 0.4) is 0 Å². The molecule has 5 nitrogen and oxygen atoms in total. The maximum Gasteiger partial charge on any atom is 0.335 e. The van der Waals surface area contributed by atoms with Gasteiger partial charge in [-0.25, -0.2) is 4.79 Å². The number of rotatable bonds is 8. The number of carboxylic acid groups (broad SMARTS) is 1. The highest BCUT2D eigenvalue weighted by molar-refractivity contribution is 9.10. The Morgan fingerprint density at radius 3 is 2.38 bits per heavy atom. The third-order valence-electron chi connectivity index (χ3n) is 3.18. The van der Waals surface area contributed by atoms with E-state index in [4.69, 9.17) is 19.3 Å². The van der Waals surface area contributed by atoms with Crippen LogP contribution in [0.15, 0.2) is 40.9 Å². The molecule has 24 heavy (non-hydrogen) atoms. The van der Waals surface area contributed by atoms with Gasteiger partial charge in [0.05, 0.1) is 16.6 Å². The van der Waals surface area contributed by atoms with Gasteiger partial charge in [-0.1, -0.05) is 17.7 Å². The molecule has 0 atom stereocenters. The average Bonchev–Trinajstić information content (AvgIpc) is 2.55. The van der Waals surface area contributed by atoms with Crippen LogP contribution in [0.1, 0.15) is 22.8 Å². The first-order valence-corrected chi connectivity index (χ1v) is 8.32. The Balaban J connectivity index is 2.00. The van der Waals surface area contributed by atoms with Crippen molar-refractivity contribution in [3.63, 3.8) is 0 Å². The van der Waals surface area contributed by atoms with E-state index in [0.29, 0.717) is 35.8 Å². The number of ether oxygens (including phenoxy) is 3. The number of aryl methyl sites for hydroxylation is 1. The molecular formula is C18H19BrO5. The molecule has 0 aromatic heterocycles. The van der Waals surface area contributed by atoms with Crippen molar-refractivity contribution in [2.75, 3.05) is 19.8 Å². The van der Waals surface area contributed by atoms with Crippen molar-refractivity contribution in [2.45, 2.75) is 13.8 Å². The van der Waals surface area contributed by atoms with Gasteiger partial charge in [0.25, 0.3) is 0 Å². The van der Waals surface area contributed by atoms with Crippen LogP contribution >= 0.6 is 15.9 Å². The van der Waals surface area contributed by atoms with Crippen LogP contribution in [0.4, 0.5) is 0 Å². The van der Waals surface area contributed by atoms with Gasteiger partial charge in [-0.05, 0) is 54.0 Å². The summed E-state index contributed by atoms with van der Waals surface area (Å²) in [6.07, 6.45) is 0. The molecule has 2 rings (SSSR count). The monoisotopic (exact) mass is 394 g/mol. The molecule has 0 saturated heterocycles. The SMILES string of the molecule is CCOc1cc(C(=O)O)cc(Br)c1OCCOc1ccc(C)cc1. The summed E-state index contributed by atoms with van der Waals surface area (Å²) in [5, 5.41) is 9.12. The van der Waals surface area contributed by atoms with Crippen molar-refractivity contribution in [1.29, 1.82) is 0 Å². The van der Waals surface area contributed by atoms with E-state index in [1.807, 2.05) is 38.1 Å². The predicted octanol–water partition coefficient (Wildman–Crippen LogP) is 4.31. The lowest BCUT2D eigenvalue weighted by atomic mass is 10.2. The zero-order valence-electron chi connectivity index (χ0n) is 13.5.